The zero-order valence-corrected chi connectivity index (χ0v) is 12.5. The maximum absolute atomic E-state index is 12.5. The Balaban J connectivity index is 2.01. The van der Waals surface area contributed by atoms with Gasteiger partial charge in [0.25, 0.3) is 5.56 Å². The van der Waals surface area contributed by atoms with Gasteiger partial charge in [-0.15, -0.1) is 0 Å². The average molecular weight is 320 g/mol. The zero-order chi connectivity index (χ0) is 13.3. The van der Waals surface area contributed by atoms with Crippen molar-refractivity contribution in [2.75, 3.05) is 5.33 Å². The van der Waals surface area contributed by atoms with Crippen molar-refractivity contribution in [3.8, 4) is 0 Å². The molecule has 3 rings (SSSR count). The van der Waals surface area contributed by atoms with Crippen molar-refractivity contribution in [2.45, 2.75) is 32.2 Å². The predicted octanol–water partition coefficient (Wildman–Crippen LogP) is 3.96. The molecule has 0 amide bonds. The van der Waals surface area contributed by atoms with Crippen molar-refractivity contribution >= 4 is 26.7 Å². The van der Waals surface area contributed by atoms with Crippen LogP contribution >= 0.6 is 15.9 Å². The fourth-order valence-electron chi connectivity index (χ4n) is 3.17. The van der Waals surface area contributed by atoms with Gasteiger partial charge in [0.05, 0.1) is 0 Å². The molecule has 19 heavy (non-hydrogen) atoms. The number of benzene rings is 1. The van der Waals surface area contributed by atoms with E-state index < -0.39 is 0 Å². The van der Waals surface area contributed by atoms with E-state index in [2.05, 4.69) is 15.9 Å². The maximum Gasteiger partial charge on any atom is 0.258 e. The van der Waals surface area contributed by atoms with E-state index in [-0.39, 0.29) is 11.0 Å². The van der Waals surface area contributed by atoms with E-state index in [1.807, 2.05) is 41.1 Å². The predicted molar refractivity (Wildman–Crippen MR) is 82.9 cm³/mol. The van der Waals surface area contributed by atoms with Crippen LogP contribution in [0.25, 0.3) is 10.8 Å². The van der Waals surface area contributed by atoms with E-state index in [0.717, 1.165) is 22.6 Å². The van der Waals surface area contributed by atoms with Gasteiger partial charge in [-0.3, -0.25) is 4.79 Å². The zero-order valence-electron chi connectivity index (χ0n) is 10.9. The third kappa shape index (κ3) is 2.36. The SMILES string of the molecule is O=c1c2ccccc2ccn1CC1(CBr)CCCC1. The lowest BCUT2D eigenvalue weighted by Gasteiger charge is -2.27. The average Bonchev–Trinajstić information content (AvgIpc) is 2.92. The molecule has 2 aromatic rings. The first-order valence-corrected chi connectivity index (χ1v) is 8.00. The van der Waals surface area contributed by atoms with Crippen molar-refractivity contribution in [1.82, 2.24) is 4.57 Å². The molecule has 0 radical (unpaired) electrons. The van der Waals surface area contributed by atoms with Crippen LogP contribution in [0.1, 0.15) is 25.7 Å². The van der Waals surface area contributed by atoms with Gasteiger partial charge in [0.15, 0.2) is 0 Å². The summed E-state index contributed by atoms with van der Waals surface area (Å²) in [6, 6.07) is 9.88. The number of rotatable bonds is 3. The quantitative estimate of drug-likeness (QED) is 0.785. The monoisotopic (exact) mass is 319 g/mol. The Kier molecular flexibility index (Phi) is 3.48. The van der Waals surface area contributed by atoms with Gasteiger partial charge in [0.1, 0.15) is 0 Å². The molecule has 1 aliphatic carbocycles. The second-order valence-corrected chi connectivity index (χ2v) is 6.24. The van der Waals surface area contributed by atoms with Crippen molar-refractivity contribution in [1.29, 1.82) is 0 Å². The number of fused-ring (bicyclic) bond motifs is 1. The largest absolute Gasteiger partial charge is 0.314 e. The lowest BCUT2D eigenvalue weighted by Crippen LogP contribution is -2.31. The fourth-order valence-corrected chi connectivity index (χ4v) is 3.91. The number of hydrogen-bond donors (Lipinski definition) is 0. The van der Waals surface area contributed by atoms with Gasteiger partial charge in [0.2, 0.25) is 0 Å². The van der Waals surface area contributed by atoms with Crippen LogP contribution in [0.5, 0.6) is 0 Å². The third-order valence-electron chi connectivity index (χ3n) is 4.34. The Morgan fingerprint density at radius 2 is 1.89 bits per heavy atom. The second-order valence-electron chi connectivity index (χ2n) is 5.68. The molecule has 1 aromatic heterocycles. The highest BCUT2D eigenvalue weighted by Crippen LogP contribution is 2.40. The summed E-state index contributed by atoms with van der Waals surface area (Å²) in [5, 5.41) is 2.84. The van der Waals surface area contributed by atoms with Crippen LogP contribution in [0.2, 0.25) is 0 Å². The summed E-state index contributed by atoms with van der Waals surface area (Å²) in [6.45, 7) is 0.835. The first-order valence-electron chi connectivity index (χ1n) is 6.88. The van der Waals surface area contributed by atoms with Crippen LogP contribution < -0.4 is 5.56 Å². The second kappa shape index (κ2) is 5.12. The molecule has 100 valence electrons. The number of pyridine rings is 1. The molecule has 2 nitrogen and oxygen atoms in total. The maximum atomic E-state index is 12.5. The lowest BCUT2D eigenvalue weighted by atomic mass is 9.88. The van der Waals surface area contributed by atoms with E-state index in [1.54, 1.807) is 0 Å². The third-order valence-corrected chi connectivity index (χ3v) is 5.53. The number of nitrogens with zero attached hydrogens (tertiary/aromatic N) is 1. The minimum Gasteiger partial charge on any atom is -0.314 e. The van der Waals surface area contributed by atoms with E-state index >= 15 is 0 Å². The Labute approximate surface area is 121 Å². The summed E-state index contributed by atoms with van der Waals surface area (Å²) < 4.78 is 1.90. The van der Waals surface area contributed by atoms with Crippen molar-refractivity contribution in [3.63, 3.8) is 0 Å². The van der Waals surface area contributed by atoms with E-state index in [4.69, 9.17) is 0 Å². The van der Waals surface area contributed by atoms with E-state index in [1.165, 1.54) is 25.7 Å². The molecule has 3 heteroatoms. The molecule has 0 saturated heterocycles. The highest BCUT2D eigenvalue weighted by atomic mass is 79.9. The van der Waals surface area contributed by atoms with E-state index in [0.29, 0.717) is 0 Å². The molecule has 0 unspecified atom stereocenters. The lowest BCUT2D eigenvalue weighted by molar-refractivity contribution is 0.288. The summed E-state index contributed by atoms with van der Waals surface area (Å²) in [4.78, 5) is 12.5. The number of alkyl halides is 1. The van der Waals surface area contributed by atoms with Gasteiger partial charge < -0.3 is 4.57 Å². The molecule has 0 atom stereocenters. The standard InChI is InChI=1S/C16H18BrNO/c17-11-16(8-3-4-9-16)12-18-10-7-13-5-1-2-6-14(13)15(18)19/h1-2,5-7,10H,3-4,8-9,11-12H2. The highest BCUT2D eigenvalue weighted by Gasteiger charge is 2.33. The molecule has 0 N–H and O–H groups in total. The molecule has 0 spiro atoms. The molecule has 0 bridgehead atoms. The van der Waals surface area contributed by atoms with Crippen molar-refractivity contribution < 1.29 is 0 Å². The minimum absolute atomic E-state index is 0.144. The molecule has 1 aliphatic rings. The Hall–Kier alpha value is -1.09. The normalized spacial score (nSPS) is 17.9. The van der Waals surface area contributed by atoms with Crippen LogP contribution in [-0.4, -0.2) is 9.90 Å². The highest BCUT2D eigenvalue weighted by molar-refractivity contribution is 9.09. The molecule has 1 saturated carbocycles. The Morgan fingerprint density at radius 1 is 1.16 bits per heavy atom. The molecule has 1 heterocycles. The van der Waals surface area contributed by atoms with Gasteiger partial charge >= 0.3 is 0 Å². The summed E-state index contributed by atoms with van der Waals surface area (Å²) in [5.74, 6) is 0. The van der Waals surface area contributed by atoms with Crippen LogP contribution in [0.15, 0.2) is 41.3 Å². The number of aromatic nitrogens is 1. The van der Waals surface area contributed by atoms with Gasteiger partial charge in [-0.2, -0.15) is 0 Å². The summed E-state index contributed by atoms with van der Waals surface area (Å²) in [7, 11) is 0. The molecule has 1 fully saturated rings. The molecule has 0 aliphatic heterocycles. The van der Waals surface area contributed by atoms with Gasteiger partial charge in [-0.25, -0.2) is 0 Å². The Morgan fingerprint density at radius 3 is 2.63 bits per heavy atom. The van der Waals surface area contributed by atoms with Crippen molar-refractivity contribution in [3.05, 3.63) is 46.9 Å². The van der Waals surface area contributed by atoms with Gasteiger partial charge in [-0.05, 0) is 35.8 Å². The summed E-state index contributed by atoms with van der Waals surface area (Å²) >= 11 is 3.65. The topological polar surface area (TPSA) is 22.0 Å². The fraction of sp³-hybridized carbons (Fsp3) is 0.438. The van der Waals surface area contributed by atoms with E-state index in [9.17, 15) is 4.79 Å². The first-order chi connectivity index (χ1) is 9.24. The Bertz CT molecular complexity index is 640. The van der Waals surface area contributed by atoms with Crippen LogP contribution in [0.3, 0.4) is 0 Å². The molecular weight excluding hydrogens is 302 g/mol. The van der Waals surface area contributed by atoms with Crippen molar-refractivity contribution in [2.24, 2.45) is 5.41 Å². The minimum atomic E-state index is 0.144. The number of halogens is 1. The molecule has 1 aromatic carbocycles. The van der Waals surface area contributed by atoms with Crippen LogP contribution in [-0.2, 0) is 6.54 Å². The van der Waals surface area contributed by atoms with Gasteiger partial charge in [0, 0.05) is 23.5 Å². The smallest absolute Gasteiger partial charge is 0.258 e. The van der Waals surface area contributed by atoms with Crippen LogP contribution in [0, 0.1) is 5.41 Å². The summed E-state index contributed by atoms with van der Waals surface area (Å²) in [6.07, 6.45) is 6.96. The van der Waals surface area contributed by atoms with Gasteiger partial charge in [-0.1, -0.05) is 47.0 Å². The number of hydrogen-bond acceptors (Lipinski definition) is 1. The first kappa shape index (κ1) is 12.9. The summed E-state index contributed by atoms with van der Waals surface area (Å²) in [5.41, 5.74) is 0.414. The molecular formula is C16H18BrNO. The van der Waals surface area contributed by atoms with Crippen LogP contribution in [0.4, 0.5) is 0 Å².